The number of rotatable bonds is 6. The number of nitrogens with zero attached hydrogens (tertiary/aromatic N) is 4. The van der Waals surface area contributed by atoms with Gasteiger partial charge in [0.15, 0.2) is 10.9 Å². The average molecular weight is 375 g/mol. The number of thioether (sulfide) groups is 1. The van der Waals surface area contributed by atoms with E-state index in [1.165, 1.54) is 17.3 Å². The van der Waals surface area contributed by atoms with Gasteiger partial charge in [-0.15, -0.1) is 10.2 Å². The Labute approximate surface area is 158 Å². The Morgan fingerprint density at radius 1 is 1.12 bits per heavy atom. The van der Waals surface area contributed by atoms with E-state index in [0.29, 0.717) is 19.0 Å². The molecule has 2 aromatic rings. The summed E-state index contributed by atoms with van der Waals surface area (Å²) in [6, 6.07) is 4.08. The highest BCUT2D eigenvalue weighted by atomic mass is 32.2. The zero-order valence-corrected chi connectivity index (χ0v) is 16.7. The summed E-state index contributed by atoms with van der Waals surface area (Å²) < 4.78 is 7.49. The third-order valence-corrected chi connectivity index (χ3v) is 5.75. The summed E-state index contributed by atoms with van der Waals surface area (Å²) >= 11 is 1.46. The summed E-state index contributed by atoms with van der Waals surface area (Å²) in [7, 11) is 0. The van der Waals surface area contributed by atoms with Crippen molar-refractivity contribution in [1.29, 1.82) is 0 Å². The number of morpholine rings is 1. The molecule has 0 atom stereocenters. The fourth-order valence-corrected chi connectivity index (χ4v) is 4.01. The second-order valence-corrected chi connectivity index (χ2v) is 7.53. The van der Waals surface area contributed by atoms with Crippen molar-refractivity contribution in [3.8, 4) is 0 Å². The molecule has 1 aliphatic rings. The molecule has 6 nitrogen and oxygen atoms in total. The third-order valence-electron chi connectivity index (χ3n) is 4.78. The van der Waals surface area contributed by atoms with Crippen LogP contribution in [0.25, 0.3) is 0 Å². The summed E-state index contributed by atoms with van der Waals surface area (Å²) in [6.45, 7) is 12.0. The molecule has 1 aromatic heterocycles. The molecule has 1 fully saturated rings. The van der Waals surface area contributed by atoms with E-state index in [1.54, 1.807) is 0 Å². The van der Waals surface area contributed by atoms with Crippen LogP contribution in [0.3, 0.4) is 0 Å². The van der Waals surface area contributed by atoms with Crippen LogP contribution in [-0.4, -0.2) is 52.6 Å². The highest BCUT2D eigenvalue weighted by molar-refractivity contribution is 7.99. The first-order valence-electron chi connectivity index (χ1n) is 9.01. The first-order chi connectivity index (χ1) is 12.5. The summed E-state index contributed by atoms with van der Waals surface area (Å²) in [4.78, 5) is 14.9. The van der Waals surface area contributed by atoms with Gasteiger partial charge in [0.2, 0.25) is 5.95 Å². The van der Waals surface area contributed by atoms with Gasteiger partial charge in [0.1, 0.15) is 0 Å². The Bertz CT molecular complexity index is 797. The molecule has 26 heavy (non-hydrogen) atoms. The maximum absolute atomic E-state index is 12.7. The number of aryl methyl sites for hydroxylation is 3. The van der Waals surface area contributed by atoms with E-state index in [4.69, 9.17) is 4.74 Å². The van der Waals surface area contributed by atoms with E-state index in [9.17, 15) is 4.79 Å². The lowest BCUT2D eigenvalue weighted by atomic mass is 9.99. The zero-order chi connectivity index (χ0) is 18.7. The molecule has 0 saturated carbocycles. The monoisotopic (exact) mass is 374 g/mol. The number of Topliss-reactive ketones (excluding diaryl/α,β-unsaturated/α-hetero) is 1. The molecule has 2 heterocycles. The lowest BCUT2D eigenvalue weighted by Crippen LogP contribution is -2.38. The smallest absolute Gasteiger partial charge is 0.228 e. The fourth-order valence-electron chi connectivity index (χ4n) is 3.13. The molecular formula is C19H26N4O2S. The molecule has 0 unspecified atom stereocenters. The molecule has 7 heteroatoms. The van der Waals surface area contributed by atoms with Crippen LogP contribution in [0.4, 0.5) is 5.95 Å². The van der Waals surface area contributed by atoms with Gasteiger partial charge in [-0.2, -0.15) is 0 Å². The number of anilines is 1. The van der Waals surface area contributed by atoms with Gasteiger partial charge in [-0.1, -0.05) is 17.8 Å². The fraction of sp³-hybridized carbons (Fsp3) is 0.526. The average Bonchev–Trinajstić information content (AvgIpc) is 3.06. The van der Waals surface area contributed by atoms with Gasteiger partial charge >= 0.3 is 0 Å². The Hall–Kier alpha value is -1.86. The topological polar surface area (TPSA) is 60.2 Å². The molecular weight excluding hydrogens is 348 g/mol. The minimum absolute atomic E-state index is 0.133. The molecule has 0 spiro atoms. The summed E-state index contributed by atoms with van der Waals surface area (Å²) in [5, 5.41) is 9.47. The van der Waals surface area contributed by atoms with Gasteiger partial charge in [0, 0.05) is 25.2 Å². The van der Waals surface area contributed by atoms with E-state index in [2.05, 4.69) is 39.6 Å². The molecule has 1 aromatic carbocycles. The molecule has 0 radical (unpaired) electrons. The number of ketones is 1. The number of carbonyl (C=O) groups excluding carboxylic acids is 1. The minimum Gasteiger partial charge on any atom is -0.378 e. The number of aromatic nitrogens is 3. The van der Waals surface area contributed by atoms with Gasteiger partial charge < -0.3 is 9.64 Å². The van der Waals surface area contributed by atoms with Crippen molar-refractivity contribution in [3.63, 3.8) is 0 Å². The SMILES string of the molecule is CCn1c(SCC(=O)c2cc(C)c(C)cc2C)nnc1N1CCOCC1. The first-order valence-corrected chi connectivity index (χ1v) is 9.99. The summed E-state index contributed by atoms with van der Waals surface area (Å²) in [6.07, 6.45) is 0. The first kappa shape index (κ1) is 18.9. The van der Waals surface area contributed by atoms with Crippen molar-refractivity contribution in [2.75, 3.05) is 37.0 Å². The third kappa shape index (κ3) is 3.94. The standard InChI is InChI=1S/C19H26N4O2S/c1-5-23-18(22-6-8-25-9-7-22)20-21-19(23)26-12-17(24)16-11-14(3)13(2)10-15(16)4/h10-11H,5-9,12H2,1-4H3. The highest BCUT2D eigenvalue weighted by Gasteiger charge is 2.21. The van der Waals surface area contributed by atoms with Crippen molar-refractivity contribution in [2.45, 2.75) is 39.4 Å². The van der Waals surface area contributed by atoms with Crippen molar-refractivity contribution >= 4 is 23.5 Å². The summed E-state index contributed by atoms with van der Waals surface area (Å²) in [5.74, 6) is 1.37. The minimum atomic E-state index is 0.133. The molecule has 0 amide bonds. The van der Waals surface area contributed by atoms with Crippen LogP contribution in [0.5, 0.6) is 0 Å². The van der Waals surface area contributed by atoms with Gasteiger partial charge in [-0.25, -0.2) is 0 Å². The van der Waals surface area contributed by atoms with Crippen LogP contribution in [0.1, 0.15) is 34.0 Å². The van der Waals surface area contributed by atoms with Crippen LogP contribution in [0, 0.1) is 20.8 Å². The Kier molecular flexibility index (Phi) is 5.98. The van der Waals surface area contributed by atoms with Crippen LogP contribution in [0.15, 0.2) is 17.3 Å². The number of carbonyl (C=O) groups is 1. The van der Waals surface area contributed by atoms with Gasteiger partial charge in [0.25, 0.3) is 0 Å². The molecule has 0 bridgehead atoms. The van der Waals surface area contributed by atoms with Crippen LogP contribution in [-0.2, 0) is 11.3 Å². The van der Waals surface area contributed by atoms with Crippen molar-refractivity contribution in [3.05, 3.63) is 34.4 Å². The van der Waals surface area contributed by atoms with E-state index in [0.717, 1.165) is 47.4 Å². The number of benzene rings is 1. The van der Waals surface area contributed by atoms with Crippen molar-refractivity contribution < 1.29 is 9.53 Å². The Balaban J connectivity index is 1.72. The van der Waals surface area contributed by atoms with E-state index in [-0.39, 0.29) is 5.78 Å². The predicted octanol–water partition coefficient (Wildman–Crippen LogP) is 3.03. The van der Waals surface area contributed by atoms with Gasteiger partial charge in [0.05, 0.1) is 19.0 Å². The van der Waals surface area contributed by atoms with Crippen molar-refractivity contribution in [1.82, 2.24) is 14.8 Å². The molecule has 140 valence electrons. The quantitative estimate of drug-likeness (QED) is 0.572. The Morgan fingerprint density at radius 2 is 1.81 bits per heavy atom. The predicted molar refractivity (Wildman–Crippen MR) is 104 cm³/mol. The largest absolute Gasteiger partial charge is 0.378 e. The maximum atomic E-state index is 12.7. The second kappa shape index (κ2) is 8.22. The molecule has 1 saturated heterocycles. The van der Waals surface area contributed by atoms with Gasteiger partial charge in [-0.3, -0.25) is 9.36 Å². The lowest BCUT2D eigenvalue weighted by Gasteiger charge is -2.27. The normalized spacial score (nSPS) is 14.7. The molecule has 3 rings (SSSR count). The molecule has 0 aliphatic carbocycles. The van der Waals surface area contributed by atoms with E-state index < -0.39 is 0 Å². The van der Waals surface area contributed by atoms with Crippen LogP contribution < -0.4 is 4.90 Å². The number of hydrogen-bond donors (Lipinski definition) is 0. The van der Waals surface area contributed by atoms with Crippen LogP contribution in [0.2, 0.25) is 0 Å². The zero-order valence-electron chi connectivity index (χ0n) is 15.9. The van der Waals surface area contributed by atoms with E-state index in [1.807, 2.05) is 19.9 Å². The highest BCUT2D eigenvalue weighted by Crippen LogP contribution is 2.24. The lowest BCUT2D eigenvalue weighted by molar-refractivity contribution is 0.102. The molecule has 0 N–H and O–H groups in total. The number of hydrogen-bond acceptors (Lipinski definition) is 6. The Morgan fingerprint density at radius 3 is 2.50 bits per heavy atom. The summed E-state index contributed by atoms with van der Waals surface area (Å²) in [5.41, 5.74) is 4.20. The number of ether oxygens (including phenoxy) is 1. The van der Waals surface area contributed by atoms with E-state index >= 15 is 0 Å². The van der Waals surface area contributed by atoms with Gasteiger partial charge in [-0.05, 0) is 50.5 Å². The second-order valence-electron chi connectivity index (χ2n) is 6.59. The molecule has 1 aliphatic heterocycles. The maximum Gasteiger partial charge on any atom is 0.228 e. The van der Waals surface area contributed by atoms with Crippen LogP contribution >= 0.6 is 11.8 Å². The van der Waals surface area contributed by atoms with Crippen molar-refractivity contribution in [2.24, 2.45) is 0 Å².